The van der Waals surface area contributed by atoms with Gasteiger partial charge in [-0.1, -0.05) is 56.9 Å². The van der Waals surface area contributed by atoms with E-state index in [1.807, 2.05) is 6.08 Å². The van der Waals surface area contributed by atoms with E-state index in [1.54, 1.807) is 6.08 Å². The van der Waals surface area contributed by atoms with Crippen LogP contribution in [-0.4, -0.2) is 18.9 Å². The van der Waals surface area contributed by atoms with E-state index in [-0.39, 0.29) is 17.7 Å². The third kappa shape index (κ3) is 8.28. The van der Waals surface area contributed by atoms with E-state index in [4.69, 9.17) is 0 Å². The summed E-state index contributed by atoms with van der Waals surface area (Å²) >= 11 is 0. The molecule has 3 nitrogen and oxygen atoms in total. The van der Waals surface area contributed by atoms with Crippen molar-refractivity contribution >= 4 is 11.8 Å². The third-order valence-corrected chi connectivity index (χ3v) is 4.34. The quantitative estimate of drug-likeness (QED) is 0.210. The van der Waals surface area contributed by atoms with E-state index in [9.17, 15) is 9.59 Å². The van der Waals surface area contributed by atoms with Crippen LogP contribution in [0.1, 0.15) is 71.1 Å². The van der Waals surface area contributed by atoms with Crippen molar-refractivity contribution in [2.45, 2.75) is 71.1 Å². The topological polar surface area (TPSA) is 43.4 Å². The van der Waals surface area contributed by atoms with E-state index in [2.05, 4.69) is 29.9 Å². The summed E-state index contributed by atoms with van der Waals surface area (Å²) in [4.78, 5) is 23.0. The van der Waals surface area contributed by atoms with Crippen molar-refractivity contribution in [3.8, 4) is 0 Å². The van der Waals surface area contributed by atoms with Gasteiger partial charge in [-0.25, -0.2) is 0 Å². The Bertz CT molecular complexity index is 471. The number of hydrogen-bond acceptors (Lipinski definition) is 3. The van der Waals surface area contributed by atoms with E-state index in [0.29, 0.717) is 6.42 Å². The lowest BCUT2D eigenvalue weighted by Crippen LogP contribution is -2.01. The fraction of sp³-hybridized carbons (Fsp3) is 0.619. The lowest BCUT2D eigenvalue weighted by Gasteiger charge is -2.05. The lowest BCUT2D eigenvalue weighted by molar-refractivity contribution is -0.140. The molecule has 0 bridgehead atoms. The standard InChI is InChI=1S/C21H32O3/c1-3-4-5-6-7-10-13-18-16-17-20(22)19(18)14-11-8-9-12-15-21(23)24-2/h10,13-14,16-18H,3-9,11-12,15H2,1-2H3/b13-10+,19-14+/t18-/m0/s1. The van der Waals surface area contributed by atoms with Gasteiger partial charge in [0.1, 0.15) is 0 Å². The first-order chi connectivity index (χ1) is 11.7. The van der Waals surface area contributed by atoms with Gasteiger partial charge in [0, 0.05) is 17.9 Å². The average molecular weight is 332 g/mol. The number of esters is 1. The van der Waals surface area contributed by atoms with Crippen molar-refractivity contribution in [2.24, 2.45) is 5.92 Å². The largest absolute Gasteiger partial charge is 0.469 e. The maximum absolute atomic E-state index is 12.0. The molecule has 0 saturated carbocycles. The molecule has 1 rings (SSSR count). The Kier molecular flexibility index (Phi) is 10.8. The Morgan fingerprint density at radius 2 is 1.88 bits per heavy atom. The van der Waals surface area contributed by atoms with Crippen LogP contribution in [0.4, 0.5) is 0 Å². The zero-order valence-corrected chi connectivity index (χ0v) is 15.3. The third-order valence-electron chi connectivity index (χ3n) is 4.34. The molecule has 0 radical (unpaired) electrons. The molecule has 0 aromatic rings. The molecule has 0 aliphatic heterocycles. The first-order valence-corrected chi connectivity index (χ1v) is 9.35. The van der Waals surface area contributed by atoms with E-state index < -0.39 is 0 Å². The summed E-state index contributed by atoms with van der Waals surface area (Å²) in [6.45, 7) is 2.22. The summed E-state index contributed by atoms with van der Waals surface area (Å²) < 4.78 is 4.62. The van der Waals surface area contributed by atoms with Crippen LogP contribution in [0.5, 0.6) is 0 Å². The smallest absolute Gasteiger partial charge is 0.305 e. The predicted molar refractivity (Wildman–Crippen MR) is 98.7 cm³/mol. The second kappa shape index (κ2) is 12.7. The number of hydrogen-bond donors (Lipinski definition) is 0. The molecule has 0 heterocycles. The van der Waals surface area contributed by atoms with Gasteiger partial charge in [0.2, 0.25) is 0 Å². The van der Waals surface area contributed by atoms with Crippen LogP contribution in [0.2, 0.25) is 0 Å². The minimum absolute atomic E-state index is 0.144. The van der Waals surface area contributed by atoms with Crippen LogP contribution < -0.4 is 0 Å². The normalized spacial score (nSPS) is 18.8. The number of carbonyl (C=O) groups excluding carboxylic acids is 2. The molecule has 0 unspecified atom stereocenters. The number of ether oxygens (including phenoxy) is 1. The van der Waals surface area contributed by atoms with Crippen molar-refractivity contribution in [3.05, 3.63) is 36.0 Å². The van der Waals surface area contributed by atoms with Gasteiger partial charge in [0.05, 0.1) is 7.11 Å². The Morgan fingerprint density at radius 3 is 2.62 bits per heavy atom. The molecule has 0 fully saturated rings. The van der Waals surface area contributed by atoms with Gasteiger partial charge < -0.3 is 4.74 Å². The maximum atomic E-state index is 12.0. The van der Waals surface area contributed by atoms with E-state index in [1.165, 1.54) is 32.8 Å². The molecule has 0 N–H and O–H groups in total. The Hall–Kier alpha value is -1.64. The summed E-state index contributed by atoms with van der Waals surface area (Å²) in [5.41, 5.74) is 0.910. The number of methoxy groups -OCH3 is 1. The summed E-state index contributed by atoms with van der Waals surface area (Å²) in [6, 6.07) is 0. The highest BCUT2D eigenvalue weighted by Crippen LogP contribution is 2.24. The zero-order chi connectivity index (χ0) is 17.6. The summed E-state index contributed by atoms with van der Waals surface area (Å²) in [5.74, 6) is 0.150. The molecule has 0 aromatic heterocycles. The fourth-order valence-corrected chi connectivity index (χ4v) is 2.84. The molecular formula is C21H32O3. The zero-order valence-electron chi connectivity index (χ0n) is 15.3. The van der Waals surface area contributed by atoms with Gasteiger partial charge in [0.25, 0.3) is 0 Å². The van der Waals surface area contributed by atoms with Crippen LogP contribution in [0, 0.1) is 5.92 Å². The lowest BCUT2D eigenvalue weighted by atomic mass is 9.98. The minimum Gasteiger partial charge on any atom is -0.469 e. The van der Waals surface area contributed by atoms with Gasteiger partial charge in [-0.15, -0.1) is 0 Å². The molecule has 1 atom stereocenters. The van der Waals surface area contributed by atoms with Crippen molar-refractivity contribution in [3.63, 3.8) is 0 Å². The Labute approximate surface area is 146 Å². The van der Waals surface area contributed by atoms with Crippen molar-refractivity contribution in [1.82, 2.24) is 0 Å². The summed E-state index contributed by atoms with van der Waals surface area (Å²) in [6.07, 6.45) is 20.5. The molecule has 0 amide bonds. The van der Waals surface area contributed by atoms with Crippen LogP contribution in [0.25, 0.3) is 0 Å². The highest BCUT2D eigenvalue weighted by molar-refractivity contribution is 6.07. The maximum Gasteiger partial charge on any atom is 0.305 e. The van der Waals surface area contributed by atoms with Crippen LogP contribution in [0.15, 0.2) is 36.0 Å². The monoisotopic (exact) mass is 332 g/mol. The fourth-order valence-electron chi connectivity index (χ4n) is 2.84. The second-order valence-electron chi connectivity index (χ2n) is 6.36. The molecule has 0 spiro atoms. The Balaban J connectivity index is 2.29. The molecular weight excluding hydrogens is 300 g/mol. The molecule has 134 valence electrons. The van der Waals surface area contributed by atoms with Crippen LogP contribution in [-0.2, 0) is 14.3 Å². The summed E-state index contributed by atoms with van der Waals surface area (Å²) in [5, 5.41) is 0. The average Bonchev–Trinajstić information content (AvgIpc) is 2.94. The van der Waals surface area contributed by atoms with Crippen molar-refractivity contribution < 1.29 is 14.3 Å². The summed E-state index contributed by atoms with van der Waals surface area (Å²) in [7, 11) is 1.42. The van der Waals surface area contributed by atoms with Gasteiger partial charge in [-0.2, -0.15) is 0 Å². The van der Waals surface area contributed by atoms with Gasteiger partial charge in [-0.3, -0.25) is 9.59 Å². The predicted octanol–water partition coefficient (Wildman–Crippen LogP) is 5.32. The number of carbonyl (C=O) groups is 2. The van der Waals surface area contributed by atoms with Gasteiger partial charge in [0.15, 0.2) is 5.78 Å². The number of unbranched alkanes of at least 4 members (excludes halogenated alkanes) is 7. The molecule has 0 aromatic carbocycles. The second-order valence-corrected chi connectivity index (χ2v) is 6.36. The molecule has 1 aliphatic rings. The van der Waals surface area contributed by atoms with Crippen molar-refractivity contribution in [2.75, 3.05) is 7.11 Å². The van der Waals surface area contributed by atoms with E-state index in [0.717, 1.165) is 37.7 Å². The SMILES string of the molecule is CCCCCC/C=C/[C@H]1C=CC(=O)/C1=C/CCCCCC(=O)OC. The highest BCUT2D eigenvalue weighted by Gasteiger charge is 2.19. The Morgan fingerprint density at radius 1 is 1.12 bits per heavy atom. The van der Waals surface area contributed by atoms with Crippen LogP contribution in [0.3, 0.4) is 0 Å². The van der Waals surface area contributed by atoms with Crippen LogP contribution >= 0.6 is 0 Å². The highest BCUT2D eigenvalue weighted by atomic mass is 16.5. The molecule has 24 heavy (non-hydrogen) atoms. The van der Waals surface area contributed by atoms with Crippen molar-refractivity contribution in [1.29, 1.82) is 0 Å². The van der Waals surface area contributed by atoms with Gasteiger partial charge in [-0.05, 0) is 38.2 Å². The first-order valence-electron chi connectivity index (χ1n) is 9.35. The first kappa shape index (κ1) is 20.4. The minimum atomic E-state index is -0.146. The molecule has 1 aliphatic carbocycles. The number of rotatable bonds is 12. The molecule has 3 heteroatoms. The molecule has 0 saturated heterocycles. The van der Waals surface area contributed by atoms with Gasteiger partial charge >= 0.3 is 5.97 Å². The van der Waals surface area contributed by atoms with E-state index >= 15 is 0 Å². The number of allylic oxidation sites excluding steroid dienone is 6. The number of ketones is 1.